The molecule has 29 heavy (non-hydrogen) atoms. The Morgan fingerprint density at radius 1 is 0.897 bits per heavy atom. The van der Waals surface area contributed by atoms with Crippen LogP contribution < -0.4 is 16.0 Å². The summed E-state index contributed by atoms with van der Waals surface area (Å²) < 4.78 is 0. The van der Waals surface area contributed by atoms with Crippen molar-refractivity contribution in [3.05, 3.63) is 24.3 Å². The maximum atomic E-state index is 5.82. The zero-order chi connectivity index (χ0) is 21.0. The zero-order valence-corrected chi connectivity index (χ0v) is 19.5. The standard InChI is InChI=1S/C26H47N3/c1-4-5-6-7-8-9-10-11-12-13-14-20-26(2,3)28-24-19-21-29(22-24)25-17-15-23(27)16-18-25/h15-18,24,28H,4-14,19-22,27H2,1-3H3. The Labute approximate surface area is 180 Å². The van der Waals surface area contributed by atoms with E-state index in [1.54, 1.807) is 0 Å². The van der Waals surface area contributed by atoms with Gasteiger partial charge < -0.3 is 16.0 Å². The molecule has 3 N–H and O–H groups in total. The van der Waals surface area contributed by atoms with Gasteiger partial charge in [0.25, 0.3) is 0 Å². The van der Waals surface area contributed by atoms with Crippen molar-refractivity contribution in [2.75, 3.05) is 23.7 Å². The van der Waals surface area contributed by atoms with Gasteiger partial charge in [-0.25, -0.2) is 0 Å². The molecule has 1 saturated heterocycles. The number of unbranched alkanes of at least 4 members (excludes halogenated alkanes) is 10. The smallest absolute Gasteiger partial charge is 0.0368 e. The predicted molar refractivity (Wildman–Crippen MR) is 130 cm³/mol. The predicted octanol–water partition coefficient (Wildman–Crippen LogP) is 6.92. The summed E-state index contributed by atoms with van der Waals surface area (Å²) in [5, 5.41) is 3.94. The van der Waals surface area contributed by atoms with E-state index < -0.39 is 0 Å². The Bertz CT molecular complexity index is 537. The van der Waals surface area contributed by atoms with Gasteiger partial charge in [-0.1, -0.05) is 77.6 Å². The Morgan fingerprint density at radius 2 is 1.45 bits per heavy atom. The van der Waals surface area contributed by atoms with Crippen molar-refractivity contribution in [2.45, 2.75) is 116 Å². The highest BCUT2D eigenvalue weighted by molar-refractivity contribution is 5.53. The lowest BCUT2D eigenvalue weighted by Gasteiger charge is -2.30. The molecule has 3 nitrogen and oxygen atoms in total. The molecule has 166 valence electrons. The third-order valence-corrected chi connectivity index (χ3v) is 6.45. The van der Waals surface area contributed by atoms with Crippen molar-refractivity contribution in [1.82, 2.24) is 5.32 Å². The second-order valence-corrected chi connectivity index (χ2v) is 9.84. The third kappa shape index (κ3) is 9.89. The largest absolute Gasteiger partial charge is 0.399 e. The molecule has 1 unspecified atom stereocenters. The highest BCUT2D eigenvalue weighted by Crippen LogP contribution is 2.24. The van der Waals surface area contributed by atoms with E-state index >= 15 is 0 Å². The summed E-state index contributed by atoms with van der Waals surface area (Å²) in [6.07, 6.45) is 18.1. The van der Waals surface area contributed by atoms with Crippen molar-refractivity contribution >= 4 is 11.4 Å². The van der Waals surface area contributed by atoms with Crippen LogP contribution in [0, 0.1) is 0 Å². The van der Waals surface area contributed by atoms with Gasteiger partial charge in [-0.2, -0.15) is 0 Å². The molecule has 1 aromatic rings. The van der Waals surface area contributed by atoms with E-state index in [2.05, 4.69) is 43.1 Å². The number of rotatable bonds is 15. The van der Waals surface area contributed by atoms with Gasteiger partial charge in [-0.05, 0) is 51.0 Å². The maximum Gasteiger partial charge on any atom is 0.0368 e. The summed E-state index contributed by atoms with van der Waals surface area (Å²) in [7, 11) is 0. The van der Waals surface area contributed by atoms with E-state index in [0.29, 0.717) is 6.04 Å². The Balaban J connectivity index is 1.52. The molecule has 0 aromatic heterocycles. The second-order valence-electron chi connectivity index (χ2n) is 9.84. The second kappa shape index (κ2) is 13.2. The van der Waals surface area contributed by atoms with Gasteiger partial charge in [0.1, 0.15) is 0 Å². The van der Waals surface area contributed by atoms with E-state index in [1.807, 2.05) is 12.1 Å². The molecule has 0 saturated carbocycles. The molecule has 0 aliphatic carbocycles. The highest BCUT2D eigenvalue weighted by atomic mass is 15.2. The number of nitrogen functional groups attached to an aromatic ring is 1. The summed E-state index contributed by atoms with van der Waals surface area (Å²) in [5.41, 5.74) is 8.20. The number of benzene rings is 1. The van der Waals surface area contributed by atoms with Gasteiger partial charge in [-0.15, -0.1) is 0 Å². The lowest BCUT2D eigenvalue weighted by molar-refractivity contribution is 0.312. The van der Waals surface area contributed by atoms with Crippen molar-refractivity contribution in [3.63, 3.8) is 0 Å². The molecule has 0 amide bonds. The molecule has 0 bridgehead atoms. The minimum absolute atomic E-state index is 0.237. The average Bonchev–Trinajstić information content (AvgIpc) is 3.14. The fourth-order valence-corrected chi connectivity index (χ4v) is 4.65. The average molecular weight is 402 g/mol. The Morgan fingerprint density at radius 3 is 2.03 bits per heavy atom. The van der Waals surface area contributed by atoms with Crippen LogP contribution in [-0.2, 0) is 0 Å². The van der Waals surface area contributed by atoms with Crippen LogP contribution in [0.4, 0.5) is 11.4 Å². The van der Waals surface area contributed by atoms with E-state index in [1.165, 1.54) is 89.2 Å². The van der Waals surface area contributed by atoms with E-state index in [-0.39, 0.29) is 5.54 Å². The summed E-state index contributed by atoms with van der Waals surface area (Å²) in [4.78, 5) is 2.48. The normalized spacial score (nSPS) is 17.2. The summed E-state index contributed by atoms with van der Waals surface area (Å²) in [6, 6.07) is 8.90. The summed E-state index contributed by atoms with van der Waals surface area (Å²) in [6.45, 7) is 9.30. The van der Waals surface area contributed by atoms with Crippen LogP contribution >= 0.6 is 0 Å². The molecule has 1 aliphatic heterocycles. The van der Waals surface area contributed by atoms with Crippen LogP contribution in [-0.4, -0.2) is 24.7 Å². The number of anilines is 2. The topological polar surface area (TPSA) is 41.3 Å². The first kappa shape index (κ1) is 24.1. The molecular weight excluding hydrogens is 354 g/mol. The van der Waals surface area contributed by atoms with Crippen LogP contribution in [0.2, 0.25) is 0 Å². The lowest BCUT2D eigenvalue weighted by Crippen LogP contribution is -2.47. The maximum absolute atomic E-state index is 5.82. The van der Waals surface area contributed by atoms with E-state index in [4.69, 9.17) is 5.73 Å². The fraction of sp³-hybridized carbons (Fsp3) is 0.769. The van der Waals surface area contributed by atoms with Crippen LogP contribution in [0.15, 0.2) is 24.3 Å². The molecular formula is C26H47N3. The minimum atomic E-state index is 0.237. The van der Waals surface area contributed by atoms with E-state index in [0.717, 1.165) is 18.8 Å². The van der Waals surface area contributed by atoms with Gasteiger partial charge >= 0.3 is 0 Å². The molecule has 2 rings (SSSR count). The molecule has 1 fully saturated rings. The van der Waals surface area contributed by atoms with Crippen molar-refractivity contribution in [3.8, 4) is 0 Å². The molecule has 1 aromatic carbocycles. The number of hydrogen-bond donors (Lipinski definition) is 2. The Kier molecular flexibility index (Phi) is 10.9. The van der Waals surface area contributed by atoms with Gasteiger partial charge in [0.2, 0.25) is 0 Å². The molecule has 1 heterocycles. The zero-order valence-electron chi connectivity index (χ0n) is 19.5. The van der Waals surface area contributed by atoms with Crippen molar-refractivity contribution in [2.24, 2.45) is 0 Å². The molecule has 0 radical (unpaired) electrons. The first-order chi connectivity index (χ1) is 14.0. The molecule has 0 spiro atoms. The number of nitrogens with two attached hydrogens (primary N) is 1. The van der Waals surface area contributed by atoms with Gasteiger partial charge in [0.15, 0.2) is 0 Å². The monoisotopic (exact) mass is 401 g/mol. The van der Waals surface area contributed by atoms with Crippen LogP contribution in [0.5, 0.6) is 0 Å². The molecule has 1 aliphatic rings. The SMILES string of the molecule is CCCCCCCCCCCCCC(C)(C)NC1CCN(c2ccc(N)cc2)C1. The Hall–Kier alpha value is -1.22. The van der Waals surface area contributed by atoms with Gasteiger partial charge in [0.05, 0.1) is 0 Å². The van der Waals surface area contributed by atoms with Gasteiger partial charge in [0, 0.05) is 36.0 Å². The van der Waals surface area contributed by atoms with Crippen LogP contribution in [0.1, 0.15) is 104 Å². The first-order valence-corrected chi connectivity index (χ1v) is 12.4. The summed E-state index contributed by atoms with van der Waals surface area (Å²) in [5.74, 6) is 0. The minimum Gasteiger partial charge on any atom is -0.399 e. The fourth-order valence-electron chi connectivity index (χ4n) is 4.65. The number of hydrogen-bond acceptors (Lipinski definition) is 3. The first-order valence-electron chi connectivity index (χ1n) is 12.4. The third-order valence-electron chi connectivity index (χ3n) is 6.45. The number of nitrogens with one attached hydrogen (secondary N) is 1. The molecule has 3 heteroatoms. The quantitative estimate of drug-likeness (QED) is 0.248. The van der Waals surface area contributed by atoms with Crippen molar-refractivity contribution in [1.29, 1.82) is 0 Å². The lowest BCUT2D eigenvalue weighted by atomic mass is 9.94. The molecule has 1 atom stereocenters. The number of nitrogens with zero attached hydrogens (tertiary/aromatic N) is 1. The highest BCUT2D eigenvalue weighted by Gasteiger charge is 2.27. The van der Waals surface area contributed by atoms with Crippen LogP contribution in [0.3, 0.4) is 0 Å². The summed E-state index contributed by atoms with van der Waals surface area (Å²) >= 11 is 0. The van der Waals surface area contributed by atoms with Crippen LogP contribution in [0.25, 0.3) is 0 Å². The van der Waals surface area contributed by atoms with E-state index in [9.17, 15) is 0 Å². The van der Waals surface area contributed by atoms with Gasteiger partial charge in [-0.3, -0.25) is 0 Å². The van der Waals surface area contributed by atoms with Crippen molar-refractivity contribution < 1.29 is 0 Å².